The van der Waals surface area contributed by atoms with Gasteiger partial charge in [0.25, 0.3) is 0 Å². The monoisotopic (exact) mass is 412 g/mol. The number of fused-ring (bicyclic) bond motifs is 1. The third-order valence-electron chi connectivity index (χ3n) is 5.27. The number of nitrogens with one attached hydrogen (secondary N) is 1. The van der Waals surface area contributed by atoms with Gasteiger partial charge in [0.05, 0.1) is 0 Å². The summed E-state index contributed by atoms with van der Waals surface area (Å²) in [5.41, 5.74) is 2.15. The second kappa shape index (κ2) is 8.61. The molecule has 0 aliphatic carbocycles. The molecule has 1 aromatic heterocycles. The number of benzene rings is 2. The predicted molar refractivity (Wildman–Crippen MR) is 113 cm³/mol. The normalized spacial score (nSPS) is 18.1. The van der Waals surface area contributed by atoms with Crippen LogP contribution in [0.3, 0.4) is 0 Å². The van der Waals surface area contributed by atoms with Crippen LogP contribution in [0, 0.1) is 5.82 Å². The predicted octanol–water partition coefficient (Wildman–Crippen LogP) is 2.49. The number of hydrogen-bond donors (Lipinski definition) is 1. The molecule has 0 spiro atoms. The molecule has 1 N–H and O–H groups in total. The Morgan fingerprint density at radius 1 is 1.34 bits per heavy atom. The molecule has 29 heavy (non-hydrogen) atoms. The van der Waals surface area contributed by atoms with Crippen LogP contribution in [0.15, 0.2) is 58.0 Å². The third-order valence-corrected chi connectivity index (χ3v) is 6.67. The second-order valence-corrected chi connectivity index (χ2v) is 8.52. The molecule has 1 aliphatic heterocycles. The van der Waals surface area contributed by atoms with Crippen molar-refractivity contribution in [2.75, 3.05) is 6.54 Å². The topological polar surface area (TPSA) is 68.5 Å². The summed E-state index contributed by atoms with van der Waals surface area (Å²) < 4.78 is 34.5. The van der Waals surface area contributed by atoms with Crippen LogP contribution in [-0.2, 0) is 22.7 Å². The van der Waals surface area contributed by atoms with E-state index in [9.17, 15) is 13.7 Å². The number of amides is 1. The fourth-order valence-electron chi connectivity index (χ4n) is 3.64. The van der Waals surface area contributed by atoms with Gasteiger partial charge < -0.3 is 14.3 Å². The smallest absolute Gasteiger partial charge is 0.333 e. The minimum Gasteiger partial charge on any atom is -0.590 e. The number of halogens is 1. The fourth-order valence-corrected chi connectivity index (χ4v) is 4.99. The van der Waals surface area contributed by atoms with E-state index in [1.54, 1.807) is 22.5 Å². The molecule has 0 bridgehead atoms. The third kappa shape index (κ3) is 4.20. The molecule has 4 rings (SSSR count). The SMILES string of the molecule is CBc1ccc(F)c(CNC(=O)C2CCCN2[S+]([O-])c2cc3ccccc3o2)c1. The van der Waals surface area contributed by atoms with Crippen molar-refractivity contribution in [1.82, 2.24) is 9.62 Å². The lowest BCUT2D eigenvalue weighted by atomic mass is 9.73. The van der Waals surface area contributed by atoms with E-state index >= 15 is 0 Å². The zero-order chi connectivity index (χ0) is 20.4. The lowest BCUT2D eigenvalue weighted by Gasteiger charge is -2.23. The van der Waals surface area contributed by atoms with Gasteiger partial charge in [-0.25, -0.2) is 4.39 Å². The minimum atomic E-state index is -1.57. The van der Waals surface area contributed by atoms with Crippen molar-refractivity contribution < 1.29 is 18.2 Å². The van der Waals surface area contributed by atoms with Crippen molar-refractivity contribution in [3.05, 3.63) is 59.9 Å². The number of carbonyl (C=O) groups excluding carboxylic acids is 1. The van der Waals surface area contributed by atoms with E-state index in [2.05, 4.69) is 5.32 Å². The van der Waals surface area contributed by atoms with Gasteiger partial charge in [0.2, 0.25) is 5.91 Å². The molecule has 8 heteroatoms. The Labute approximate surface area is 172 Å². The molecule has 1 fully saturated rings. The molecular formula is C21H22BFN2O3S. The fraction of sp³-hybridized carbons (Fsp3) is 0.286. The molecule has 3 aromatic rings. The highest BCUT2D eigenvalue weighted by molar-refractivity contribution is 7.89. The first kappa shape index (κ1) is 20.0. The van der Waals surface area contributed by atoms with E-state index in [1.165, 1.54) is 6.07 Å². The molecule has 2 atom stereocenters. The van der Waals surface area contributed by atoms with Crippen molar-refractivity contribution in [2.45, 2.75) is 37.3 Å². The first-order valence-electron chi connectivity index (χ1n) is 9.79. The quantitative estimate of drug-likeness (QED) is 0.499. The Kier molecular flexibility index (Phi) is 5.94. The van der Waals surface area contributed by atoms with Crippen LogP contribution in [-0.4, -0.2) is 34.6 Å². The van der Waals surface area contributed by atoms with Gasteiger partial charge in [-0.15, -0.1) is 4.31 Å². The van der Waals surface area contributed by atoms with Crippen LogP contribution >= 0.6 is 0 Å². The van der Waals surface area contributed by atoms with Crippen molar-refractivity contribution >= 4 is 41.0 Å². The Hall–Kier alpha value is -2.29. The summed E-state index contributed by atoms with van der Waals surface area (Å²) in [6.07, 6.45) is 1.37. The van der Waals surface area contributed by atoms with E-state index < -0.39 is 17.4 Å². The molecule has 1 aliphatic rings. The Bertz CT molecular complexity index is 995. The van der Waals surface area contributed by atoms with Crippen molar-refractivity contribution in [3.8, 4) is 0 Å². The number of hydrogen-bond acceptors (Lipinski definition) is 4. The minimum absolute atomic E-state index is 0.111. The zero-order valence-corrected chi connectivity index (χ0v) is 17.0. The van der Waals surface area contributed by atoms with Crippen LogP contribution in [0.5, 0.6) is 0 Å². The van der Waals surface area contributed by atoms with Crippen LogP contribution in [0.4, 0.5) is 4.39 Å². The second-order valence-electron chi connectivity index (χ2n) is 7.15. The maximum Gasteiger partial charge on any atom is 0.333 e. The maximum absolute atomic E-state index is 14.0. The summed E-state index contributed by atoms with van der Waals surface area (Å²) in [5.74, 6) is -0.579. The summed E-state index contributed by atoms with van der Waals surface area (Å²) in [6.45, 7) is 2.65. The van der Waals surface area contributed by atoms with Gasteiger partial charge in [-0.3, -0.25) is 4.79 Å². The molecular weight excluding hydrogens is 390 g/mol. The van der Waals surface area contributed by atoms with E-state index in [4.69, 9.17) is 4.42 Å². The van der Waals surface area contributed by atoms with Gasteiger partial charge in [0.1, 0.15) is 28.8 Å². The summed E-state index contributed by atoms with van der Waals surface area (Å²) >= 11 is -1.57. The van der Waals surface area contributed by atoms with Gasteiger partial charge in [-0.1, -0.05) is 42.6 Å². The number of carbonyl (C=O) groups is 1. The van der Waals surface area contributed by atoms with Crippen molar-refractivity contribution in [2.24, 2.45) is 0 Å². The lowest BCUT2D eigenvalue weighted by molar-refractivity contribution is -0.124. The van der Waals surface area contributed by atoms with Gasteiger partial charge in [0, 0.05) is 30.1 Å². The highest BCUT2D eigenvalue weighted by Gasteiger charge is 2.41. The first-order valence-corrected chi connectivity index (χ1v) is 10.9. The molecule has 5 nitrogen and oxygen atoms in total. The average molecular weight is 412 g/mol. The Balaban J connectivity index is 1.45. The average Bonchev–Trinajstić information content (AvgIpc) is 3.39. The molecule has 150 valence electrons. The summed E-state index contributed by atoms with van der Waals surface area (Å²) in [5, 5.41) is 4.03. The maximum atomic E-state index is 14.0. The molecule has 1 amide bonds. The Morgan fingerprint density at radius 2 is 2.17 bits per heavy atom. The van der Waals surface area contributed by atoms with Gasteiger partial charge in [-0.2, -0.15) is 0 Å². The van der Waals surface area contributed by atoms with Gasteiger partial charge in [-0.05, 0) is 25.0 Å². The van der Waals surface area contributed by atoms with E-state index in [1.807, 2.05) is 31.1 Å². The summed E-state index contributed by atoms with van der Waals surface area (Å²) in [6, 6.07) is 13.6. The molecule has 2 aromatic carbocycles. The van der Waals surface area contributed by atoms with Crippen LogP contribution in [0.25, 0.3) is 11.0 Å². The van der Waals surface area contributed by atoms with Crippen LogP contribution in [0.2, 0.25) is 6.82 Å². The Morgan fingerprint density at radius 3 is 2.97 bits per heavy atom. The van der Waals surface area contributed by atoms with Gasteiger partial charge in [0.15, 0.2) is 7.28 Å². The van der Waals surface area contributed by atoms with Crippen LogP contribution < -0.4 is 10.8 Å². The van der Waals surface area contributed by atoms with E-state index in [-0.39, 0.29) is 18.3 Å². The molecule has 2 heterocycles. The largest absolute Gasteiger partial charge is 0.590 e. The molecule has 1 saturated heterocycles. The number of rotatable bonds is 6. The van der Waals surface area contributed by atoms with Crippen LogP contribution in [0.1, 0.15) is 18.4 Å². The first-order chi connectivity index (χ1) is 14.1. The molecule has 0 radical (unpaired) electrons. The summed E-state index contributed by atoms with van der Waals surface area (Å²) in [7, 11) is 0.800. The summed E-state index contributed by atoms with van der Waals surface area (Å²) in [4.78, 5) is 12.8. The zero-order valence-electron chi connectivity index (χ0n) is 16.2. The number of nitrogens with zero attached hydrogens (tertiary/aromatic N) is 1. The highest BCUT2D eigenvalue weighted by Crippen LogP contribution is 2.30. The van der Waals surface area contributed by atoms with Crippen molar-refractivity contribution in [1.29, 1.82) is 0 Å². The molecule has 2 unspecified atom stereocenters. The number of furan rings is 1. The number of para-hydroxylation sites is 1. The van der Waals surface area contributed by atoms with E-state index in [0.717, 1.165) is 24.5 Å². The van der Waals surface area contributed by atoms with Crippen molar-refractivity contribution in [3.63, 3.8) is 0 Å². The standard InChI is InChI=1S/C21H22BFN2O3S/c1-22-16-8-9-17(23)15(11-16)13-24-21(26)18-6-4-10-25(18)29(27)20-12-14-5-2-3-7-19(14)28-20/h2-3,5,7-9,11-12,18,22H,4,6,10,13H2,1H3,(H,24,26). The van der Waals surface area contributed by atoms with E-state index in [0.29, 0.717) is 29.2 Å². The molecule has 0 saturated carbocycles. The lowest BCUT2D eigenvalue weighted by Crippen LogP contribution is -2.45. The van der Waals surface area contributed by atoms with Gasteiger partial charge >= 0.3 is 5.09 Å². The highest BCUT2D eigenvalue weighted by atomic mass is 32.2.